The predicted octanol–water partition coefficient (Wildman–Crippen LogP) is 0.705. The van der Waals surface area contributed by atoms with E-state index in [-0.39, 0.29) is 18.0 Å². The standard InChI is InChI=1S/C10H9N3O3/c14-8-2-1-4-11-9(8)10(15)12-6-7-3-5-16-13-7/h1-5,14H,6H2,(H,12,15). The van der Waals surface area contributed by atoms with E-state index in [0.29, 0.717) is 5.69 Å². The molecule has 0 aliphatic rings. The molecule has 16 heavy (non-hydrogen) atoms. The first-order chi connectivity index (χ1) is 7.77. The van der Waals surface area contributed by atoms with E-state index < -0.39 is 5.91 Å². The fourth-order valence-corrected chi connectivity index (χ4v) is 1.16. The molecule has 0 radical (unpaired) electrons. The molecule has 2 rings (SSSR count). The Hall–Kier alpha value is -2.37. The number of aromatic hydroxyl groups is 1. The van der Waals surface area contributed by atoms with Crippen molar-refractivity contribution >= 4 is 5.91 Å². The summed E-state index contributed by atoms with van der Waals surface area (Å²) in [5, 5.41) is 15.6. The molecule has 6 heteroatoms. The van der Waals surface area contributed by atoms with Crippen molar-refractivity contribution in [3.05, 3.63) is 42.0 Å². The quantitative estimate of drug-likeness (QED) is 0.793. The highest BCUT2D eigenvalue weighted by atomic mass is 16.5. The van der Waals surface area contributed by atoms with E-state index in [1.807, 2.05) is 0 Å². The molecule has 0 saturated carbocycles. The van der Waals surface area contributed by atoms with Crippen LogP contribution in [-0.4, -0.2) is 21.2 Å². The maximum Gasteiger partial charge on any atom is 0.274 e. The molecule has 2 heterocycles. The van der Waals surface area contributed by atoms with Crippen LogP contribution < -0.4 is 5.32 Å². The third-order valence-electron chi connectivity index (χ3n) is 1.92. The van der Waals surface area contributed by atoms with Gasteiger partial charge in [0.25, 0.3) is 5.91 Å². The Balaban J connectivity index is 2.01. The van der Waals surface area contributed by atoms with E-state index in [9.17, 15) is 9.90 Å². The number of aromatic nitrogens is 2. The molecule has 82 valence electrons. The van der Waals surface area contributed by atoms with Crippen LogP contribution in [-0.2, 0) is 6.54 Å². The summed E-state index contributed by atoms with van der Waals surface area (Å²) in [6, 6.07) is 4.58. The van der Waals surface area contributed by atoms with E-state index in [0.717, 1.165) is 0 Å². The Labute approximate surface area is 90.9 Å². The molecule has 0 fully saturated rings. The lowest BCUT2D eigenvalue weighted by Gasteiger charge is -2.03. The number of rotatable bonds is 3. The molecular formula is C10H9N3O3. The van der Waals surface area contributed by atoms with Crippen molar-refractivity contribution in [3.8, 4) is 5.75 Å². The van der Waals surface area contributed by atoms with Crippen LogP contribution in [0.15, 0.2) is 35.2 Å². The molecule has 0 saturated heterocycles. The zero-order valence-corrected chi connectivity index (χ0v) is 8.25. The largest absolute Gasteiger partial charge is 0.505 e. The summed E-state index contributed by atoms with van der Waals surface area (Å²) in [6.07, 6.45) is 2.85. The van der Waals surface area contributed by atoms with Crippen LogP contribution in [0.4, 0.5) is 0 Å². The molecule has 2 aromatic rings. The zero-order chi connectivity index (χ0) is 11.4. The number of nitrogens with zero attached hydrogens (tertiary/aromatic N) is 2. The van der Waals surface area contributed by atoms with Gasteiger partial charge in [0.15, 0.2) is 5.69 Å². The van der Waals surface area contributed by atoms with Crippen LogP contribution >= 0.6 is 0 Å². The molecule has 1 amide bonds. The van der Waals surface area contributed by atoms with E-state index >= 15 is 0 Å². The van der Waals surface area contributed by atoms with Gasteiger partial charge < -0.3 is 14.9 Å². The topological polar surface area (TPSA) is 88.3 Å². The van der Waals surface area contributed by atoms with Crippen LogP contribution in [0, 0.1) is 0 Å². The molecule has 0 spiro atoms. The second kappa shape index (κ2) is 4.43. The van der Waals surface area contributed by atoms with Crippen molar-refractivity contribution in [3.63, 3.8) is 0 Å². The smallest absolute Gasteiger partial charge is 0.274 e. The van der Waals surface area contributed by atoms with Gasteiger partial charge in [0.05, 0.1) is 6.54 Å². The fraction of sp³-hybridized carbons (Fsp3) is 0.100. The average molecular weight is 219 g/mol. The molecular weight excluding hydrogens is 210 g/mol. The van der Waals surface area contributed by atoms with Gasteiger partial charge in [-0.2, -0.15) is 0 Å². The third kappa shape index (κ3) is 2.17. The van der Waals surface area contributed by atoms with Crippen LogP contribution in [0.25, 0.3) is 0 Å². The summed E-state index contributed by atoms with van der Waals surface area (Å²) in [5.41, 5.74) is 0.592. The number of carbonyl (C=O) groups excluding carboxylic acids is 1. The second-order valence-electron chi connectivity index (χ2n) is 3.04. The summed E-state index contributed by atoms with van der Waals surface area (Å²) in [5.74, 6) is -0.610. The first-order valence-corrected chi connectivity index (χ1v) is 4.59. The fourth-order valence-electron chi connectivity index (χ4n) is 1.16. The molecule has 6 nitrogen and oxygen atoms in total. The van der Waals surface area contributed by atoms with Crippen LogP contribution in [0.2, 0.25) is 0 Å². The SMILES string of the molecule is O=C(NCc1ccon1)c1ncccc1O. The normalized spacial score (nSPS) is 10.0. The number of amides is 1. The maximum absolute atomic E-state index is 11.6. The van der Waals surface area contributed by atoms with Crippen molar-refractivity contribution in [2.45, 2.75) is 6.54 Å². The molecule has 0 bridgehead atoms. The Morgan fingerprint density at radius 2 is 2.38 bits per heavy atom. The van der Waals surface area contributed by atoms with E-state index in [4.69, 9.17) is 0 Å². The van der Waals surface area contributed by atoms with Crippen molar-refractivity contribution in [2.75, 3.05) is 0 Å². The Morgan fingerprint density at radius 3 is 3.06 bits per heavy atom. The Kier molecular flexibility index (Phi) is 2.81. The van der Waals surface area contributed by atoms with Gasteiger partial charge in [-0.05, 0) is 12.1 Å². The minimum absolute atomic E-state index is 0.00834. The average Bonchev–Trinajstić information content (AvgIpc) is 2.79. The van der Waals surface area contributed by atoms with Crippen molar-refractivity contribution in [1.29, 1.82) is 0 Å². The first-order valence-electron chi connectivity index (χ1n) is 4.59. The van der Waals surface area contributed by atoms with Gasteiger partial charge in [0.2, 0.25) is 0 Å². The molecule has 2 N–H and O–H groups in total. The van der Waals surface area contributed by atoms with Crippen LogP contribution in [0.1, 0.15) is 16.2 Å². The van der Waals surface area contributed by atoms with Crippen molar-refractivity contribution in [1.82, 2.24) is 15.5 Å². The van der Waals surface area contributed by atoms with Gasteiger partial charge in [-0.3, -0.25) is 4.79 Å². The third-order valence-corrected chi connectivity index (χ3v) is 1.92. The van der Waals surface area contributed by atoms with Gasteiger partial charge in [-0.1, -0.05) is 5.16 Å². The van der Waals surface area contributed by atoms with Gasteiger partial charge in [0.1, 0.15) is 17.7 Å². The Morgan fingerprint density at radius 1 is 1.50 bits per heavy atom. The second-order valence-corrected chi connectivity index (χ2v) is 3.04. The lowest BCUT2D eigenvalue weighted by Crippen LogP contribution is -2.23. The number of nitrogens with one attached hydrogen (secondary N) is 1. The molecule has 2 aromatic heterocycles. The first kappa shape index (κ1) is 10.2. The van der Waals surface area contributed by atoms with E-state index in [2.05, 4.69) is 20.0 Å². The highest BCUT2D eigenvalue weighted by Gasteiger charge is 2.11. The molecule has 0 aromatic carbocycles. The van der Waals surface area contributed by atoms with Crippen molar-refractivity contribution < 1.29 is 14.4 Å². The van der Waals surface area contributed by atoms with Crippen LogP contribution in [0.5, 0.6) is 5.75 Å². The molecule has 0 aliphatic carbocycles. The lowest BCUT2D eigenvalue weighted by molar-refractivity contribution is 0.0942. The molecule has 0 aliphatic heterocycles. The highest BCUT2D eigenvalue weighted by Crippen LogP contribution is 2.12. The maximum atomic E-state index is 11.6. The van der Waals surface area contributed by atoms with Crippen molar-refractivity contribution in [2.24, 2.45) is 0 Å². The van der Waals surface area contributed by atoms with Gasteiger partial charge >= 0.3 is 0 Å². The van der Waals surface area contributed by atoms with Crippen LogP contribution in [0.3, 0.4) is 0 Å². The lowest BCUT2D eigenvalue weighted by atomic mass is 10.3. The minimum Gasteiger partial charge on any atom is -0.505 e. The summed E-state index contributed by atoms with van der Waals surface area (Å²) in [4.78, 5) is 15.3. The predicted molar refractivity (Wildman–Crippen MR) is 53.6 cm³/mol. The molecule has 0 unspecified atom stereocenters. The summed E-state index contributed by atoms with van der Waals surface area (Å²) in [7, 11) is 0. The van der Waals surface area contributed by atoms with E-state index in [1.165, 1.54) is 18.5 Å². The highest BCUT2D eigenvalue weighted by molar-refractivity contribution is 5.94. The number of hydrogen-bond donors (Lipinski definition) is 2. The van der Waals surface area contributed by atoms with Gasteiger partial charge in [-0.15, -0.1) is 0 Å². The number of carbonyl (C=O) groups is 1. The van der Waals surface area contributed by atoms with Gasteiger partial charge in [0, 0.05) is 12.3 Å². The number of pyridine rings is 1. The summed E-state index contributed by atoms with van der Waals surface area (Å²) < 4.78 is 4.61. The zero-order valence-electron chi connectivity index (χ0n) is 8.25. The van der Waals surface area contributed by atoms with E-state index in [1.54, 1.807) is 12.1 Å². The summed E-state index contributed by atoms with van der Waals surface area (Å²) in [6.45, 7) is 0.228. The molecule has 0 atom stereocenters. The van der Waals surface area contributed by atoms with Gasteiger partial charge in [-0.25, -0.2) is 4.98 Å². The number of hydrogen-bond acceptors (Lipinski definition) is 5. The minimum atomic E-state index is -0.457. The summed E-state index contributed by atoms with van der Waals surface area (Å²) >= 11 is 0. The monoisotopic (exact) mass is 219 g/mol. The Bertz CT molecular complexity index is 482.